The standard InChI is InChI=1S/C22H45NO5S/c1-4-6-7-8-9-10-11-12-13-14-15-16-17-18-19-20-21(24)22(3,23)28-29(25,26)27-5-2/h4-20,23H2,1-3H3. The predicted molar refractivity (Wildman–Crippen MR) is 119 cm³/mol. The van der Waals surface area contributed by atoms with E-state index in [4.69, 9.17) is 5.73 Å². The molecule has 0 aromatic carbocycles. The molecule has 0 saturated carbocycles. The number of carbonyl (C=O) groups excluding carboxylic acids is 1. The van der Waals surface area contributed by atoms with Gasteiger partial charge in [-0.3, -0.25) is 10.5 Å². The van der Waals surface area contributed by atoms with Crippen LogP contribution in [0.5, 0.6) is 0 Å². The van der Waals surface area contributed by atoms with E-state index in [0.717, 1.165) is 12.8 Å². The van der Waals surface area contributed by atoms with Gasteiger partial charge in [-0.1, -0.05) is 96.8 Å². The van der Waals surface area contributed by atoms with Crippen LogP contribution < -0.4 is 5.73 Å². The summed E-state index contributed by atoms with van der Waals surface area (Å²) in [5, 5.41) is 0. The fourth-order valence-electron chi connectivity index (χ4n) is 3.33. The number of ketones is 1. The Bertz CT molecular complexity index is 505. The summed E-state index contributed by atoms with van der Waals surface area (Å²) in [6.45, 7) is 4.97. The number of Topliss-reactive ketones (excluding diaryl/α,β-unsaturated/α-hetero) is 1. The van der Waals surface area contributed by atoms with Gasteiger partial charge >= 0.3 is 10.4 Å². The smallest absolute Gasteiger partial charge is 0.296 e. The SMILES string of the molecule is CCCCCCCCCCCCCCCCCC(=O)C(C)(N)OS(=O)(=O)OCC. The average molecular weight is 436 g/mol. The topological polar surface area (TPSA) is 95.7 Å². The van der Waals surface area contributed by atoms with E-state index in [2.05, 4.69) is 15.3 Å². The zero-order valence-corrected chi connectivity index (χ0v) is 19.9. The molecule has 0 aliphatic carbocycles. The molecule has 29 heavy (non-hydrogen) atoms. The lowest BCUT2D eigenvalue weighted by molar-refractivity contribution is -0.133. The number of rotatable bonds is 21. The minimum absolute atomic E-state index is 0.0638. The summed E-state index contributed by atoms with van der Waals surface area (Å²) in [5.41, 5.74) is 3.84. The molecular weight excluding hydrogens is 390 g/mol. The molecule has 6 nitrogen and oxygen atoms in total. The van der Waals surface area contributed by atoms with Crippen LogP contribution in [0, 0.1) is 0 Å². The van der Waals surface area contributed by atoms with Crippen LogP contribution in [0.4, 0.5) is 0 Å². The van der Waals surface area contributed by atoms with Crippen LogP contribution in [-0.4, -0.2) is 26.5 Å². The van der Waals surface area contributed by atoms with Gasteiger partial charge in [0.25, 0.3) is 0 Å². The Labute approximate surface area is 179 Å². The molecule has 0 bridgehead atoms. The number of unbranched alkanes of at least 4 members (excludes halogenated alkanes) is 14. The van der Waals surface area contributed by atoms with Gasteiger partial charge in [-0.15, -0.1) is 0 Å². The average Bonchev–Trinajstić information content (AvgIpc) is 2.63. The van der Waals surface area contributed by atoms with Crippen LogP contribution in [-0.2, 0) is 23.6 Å². The summed E-state index contributed by atoms with van der Waals surface area (Å²) in [6.07, 6.45) is 19.0. The van der Waals surface area contributed by atoms with Gasteiger partial charge in [0.2, 0.25) is 0 Å². The maximum atomic E-state index is 12.1. The van der Waals surface area contributed by atoms with E-state index in [1.807, 2.05) is 0 Å². The fraction of sp³-hybridized carbons (Fsp3) is 0.955. The van der Waals surface area contributed by atoms with Crippen molar-refractivity contribution in [3.05, 3.63) is 0 Å². The second-order valence-corrected chi connectivity index (χ2v) is 9.35. The molecule has 0 rings (SSSR count). The van der Waals surface area contributed by atoms with Gasteiger partial charge in [0.1, 0.15) is 0 Å². The van der Waals surface area contributed by atoms with Crippen molar-refractivity contribution in [3.8, 4) is 0 Å². The number of hydrogen-bond acceptors (Lipinski definition) is 6. The third-order valence-corrected chi connectivity index (χ3v) is 6.17. The highest BCUT2D eigenvalue weighted by Crippen LogP contribution is 2.16. The minimum Gasteiger partial charge on any atom is -0.296 e. The molecule has 2 N–H and O–H groups in total. The van der Waals surface area contributed by atoms with Crippen LogP contribution in [0.3, 0.4) is 0 Å². The molecule has 0 heterocycles. The molecule has 1 atom stereocenters. The third kappa shape index (κ3) is 16.9. The van der Waals surface area contributed by atoms with E-state index in [9.17, 15) is 13.2 Å². The largest absolute Gasteiger partial charge is 0.402 e. The van der Waals surface area contributed by atoms with Gasteiger partial charge in [-0.2, -0.15) is 8.42 Å². The summed E-state index contributed by atoms with van der Waals surface area (Å²) in [6, 6.07) is 0. The van der Waals surface area contributed by atoms with Gasteiger partial charge in [-0.05, 0) is 20.3 Å². The summed E-state index contributed by atoms with van der Waals surface area (Å²) < 4.78 is 32.1. The predicted octanol–water partition coefficient (Wildman–Crippen LogP) is 5.79. The molecule has 7 heteroatoms. The maximum absolute atomic E-state index is 12.1. The van der Waals surface area contributed by atoms with Crippen LogP contribution in [0.2, 0.25) is 0 Å². The summed E-state index contributed by atoms with van der Waals surface area (Å²) in [4.78, 5) is 12.1. The number of hydrogen-bond donors (Lipinski definition) is 1. The number of nitrogens with two attached hydrogens (primary N) is 1. The van der Waals surface area contributed by atoms with E-state index in [0.29, 0.717) is 6.42 Å². The molecule has 0 aliphatic rings. The van der Waals surface area contributed by atoms with Gasteiger partial charge in [0, 0.05) is 6.42 Å². The van der Waals surface area contributed by atoms with Crippen molar-refractivity contribution in [3.63, 3.8) is 0 Å². The Morgan fingerprint density at radius 3 is 1.52 bits per heavy atom. The first kappa shape index (κ1) is 28.5. The van der Waals surface area contributed by atoms with Crippen molar-refractivity contribution in [2.45, 2.75) is 129 Å². The minimum atomic E-state index is -4.24. The second-order valence-electron chi connectivity index (χ2n) is 8.13. The van der Waals surface area contributed by atoms with Crippen LogP contribution in [0.1, 0.15) is 124 Å². The molecule has 0 radical (unpaired) electrons. The molecule has 0 amide bonds. The van der Waals surface area contributed by atoms with Crippen LogP contribution in [0.25, 0.3) is 0 Å². The van der Waals surface area contributed by atoms with Crippen molar-refractivity contribution in [1.82, 2.24) is 0 Å². The van der Waals surface area contributed by atoms with E-state index in [1.165, 1.54) is 90.9 Å². The van der Waals surface area contributed by atoms with Crippen LogP contribution >= 0.6 is 0 Å². The zero-order chi connectivity index (χ0) is 22.0. The van der Waals surface area contributed by atoms with Gasteiger partial charge in [0.05, 0.1) is 6.61 Å². The van der Waals surface area contributed by atoms with Crippen molar-refractivity contribution < 1.29 is 21.6 Å². The Kier molecular flexibility index (Phi) is 16.9. The number of carbonyl (C=O) groups is 1. The normalized spacial score (nSPS) is 14.1. The van der Waals surface area contributed by atoms with Gasteiger partial charge in [-0.25, -0.2) is 8.37 Å². The molecular formula is C22H45NO5S. The lowest BCUT2D eigenvalue weighted by Gasteiger charge is -2.22. The monoisotopic (exact) mass is 435 g/mol. The van der Waals surface area contributed by atoms with Gasteiger partial charge < -0.3 is 0 Å². The molecule has 0 aromatic rings. The van der Waals surface area contributed by atoms with Crippen molar-refractivity contribution in [2.75, 3.05) is 6.61 Å². The molecule has 0 spiro atoms. The maximum Gasteiger partial charge on any atom is 0.402 e. The Hall–Kier alpha value is -0.500. The Morgan fingerprint density at radius 2 is 1.14 bits per heavy atom. The van der Waals surface area contributed by atoms with Gasteiger partial charge in [0.15, 0.2) is 11.5 Å². The zero-order valence-electron chi connectivity index (χ0n) is 19.0. The van der Waals surface area contributed by atoms with Crippen molar-refractivity contribution >= 4 is 16.2 Å². The molecule has 0 fully saturated rings. The Balaban J connectivity index is 3.57. The molecule has 1 unspecified atom stereocenters. The highest BCUT2D eigenvalue weighted by molar-refractivity contribution is 7.81. The molecule has 174 valence electrons. The molecule has 0 aliphatic heterocycles. The molecule has 0 aromatic heterocycles. The Morgan fingerprint density at radius 1 is 0.759 bits per heavy atom. The quantitative estimate of drug-likeness (QED) is 0.181. The van der Waals surface area contributed by atoms with Crippen molar-refractivity contribution in [1.29, 1.82) is 0 Å². The van der Waals surface area contributed by atoms with E-state index in [1.54, 1.807) is 0 Å². The first-order valence-electron chi connectivity index (χ1n) is 11.7. The first-order valence-corrected chi connectivity index (χ1v) is 13.0. The highest BCUT2D eigenvalue weighted by Gasteiger charge is 2.34. The fourth-order valence-corrected chi connectivity index (χ4v) is 4.19. The second kappa shape index (κ2) is 17.2. The van der Waals surface area contributed by atoms with E-state index < -0.39 is 21.9 Å². The van der Waals surface area contributed by atoms with Crippen molar-refractivity contribution in [2.24, 2.45) is 5.73 Å². The lowest BCUT2D eigenvalue weighted by atomic mass is 10.0. The van der Waals surface area contributed by atoms with E-state index >= 15 is 0 Å². The summed E-state index contributed by atoms with van der Waals surface area (Å²) in [7, 11) is -4.24. The van der Waals surface area contributed by atoms with E-state index in [-0.39, 0.29) is 13.0 Å². The highest BCUT2D eigenvalue weighted by atomic mass is 32.3. The first-order chi connectivity index (χ1) is 13.7. The lowest BCUT2D eigenvalue weighted by Crippen LogP contribution is -2.49. The van der Waals surface area contributed by atoms with Crippen LogP contribution in [0.15, 0.2) is 0 Å². The summed E-state index contributed by atoms with van der Waals surface area (Å²) in [5.74, 6) is -0.421. The summed E-state index contributed by atoms with van der Waals surface area (Å²) >= 11 is 0. The third-order valence-electron chi connectivity index (χ3n) is 5.10. The molecule has 0 saturated heterocycles.